The lowest BCUT2D eigenvalue weighted by Gasteiger charge is -2.18. The predicted octanol–water partition coefficient (Wildman–Crippen LogP) is 3.53. The van der Waals surface area contributed by atoms with E-state index in [0.717, 1.165) is 16.1 Å². The number of amidine groups is 1. The third kappa shape index (κ3) is 3.55. The van der Waals surface area contributed by atoms with Crippen molar-refractivity contribution in [2.75, 3.05) is 11.4 Å². The van der Waals surface area contributed by atoms with E-state index >= 15 is 0 Å². The molecule has 2 heterocycles. The highest BCUT2D eigenvalue weighted by Gasteiger charge is 2.32. The van der Waals surface area contributed by atoms with E-state index in [-0.39, 0.29) is 23.0 Å². The van der Waals surface area contributed by atoms with E-state index in [1.54, 1.807) is 17.0 Å². The van der Waals surface area contributed by atoms with Gasteiger partial charge in [-0.1, -0.05) is 30.3 Å². The first-order valence-electron chi connectivity index (χ1n) is 8.70. The number of nitrogens with one attached hydrogen (secondary N) is 1. The monoisotopic (exact) mass is 426 g/mol. The van der Waals surface area contributed by atoms with Crippen LogP contribution in [-0.2, 0) is 10.0 Å². The summed E-state index contributed by atoms with van der Waals surface area (Å²) < 4.78 is 22.9. The number of anilines is 1. The molecule has 1 aliphatic heterocycles. The summed E-state index contributed by atoms with van der Waals surface area (Å²) in [5.74, 6) is 0.165. The summed E-state index contributed by atoms with van der Waals surface area (Å²) in [5, 5.41) is 24.8. The fourth-order valence-electron chi connectivity index (χ4n) is 3.21. The van der Waals surface area contributed by atoms with Crippen molar-refractivity contribution in [1.29, 1.82) is 5.41 Å². The number of aryl methyl sites for hydroxylation is 1. The van der Waals surface area contributed by atoms with Crippen molar-refractivity contribution < 1.29 is 13.5 Å². The molecule has 1 aliphatic rings. The van der Waals surface area contributed by atoms with Gasteiger partial charge in [-0.3, -0.25) is 5.41 Å². The van der Waals surface area contributed by atoms with E-state index in [1.807, 2.05) is 37.3 Å². The van der Waals surface area contributed by atoms with E-state index in [9.17, 15) is 13.5 Å². The van der Waals surface area contributed by atoms with Crippen molar-refractivity contribution in [2.24, 2.45) is 5.14 Å². The molecular weight excluding hydrogens is 408 g/mol. The van der Waals surface area contributed by atoms with E-state index < -0.39 is 10.0 Å². The van der Waals surface area contributed by atoms with Crippen LogP contribution >= 0.6 is 11.3 Å². The normalized spacial score (nSPS) is 14.7. The number of aromatic nitrogens is 1. The zero-order chi connectivity index (χ0) is 20.8. The number of benzene rings is 2. The smallest absolute Gasteiger partial charge is 0.238 e. The summed E-state index contributed by atoms with van der Waals surface area (Å²) >= 11 is 1.42. The number of hydrogen-bond acceptors (Lipinski definition) is 6. The summed E-state index contributed by atoms with van der Waals surface area (Å²) in [4.78, 5) is 7.26. The van der Waals surface area contributed by atoms with Crippen molar-refractivity contribution in [3.05, 3.63) is 70.2 Å². The molecule has 0 amide bonds. The van der Waals surface area contributed by atoms with Crippen LogP contribution in [0.2, 0.25) is 0 Å². The van der Waals surface area contributed by atoms with Crippen LogP contribution in [0.4, 0.5) is 5.69 Å². The van der Waals surface area contributed by atoms with Crippen LogP contribution in [0.3, 0.4) is 0 Å². The van der Waals surface area contributed by atoms with Gasteiger partial charge >= 0.3 is 0 Å². The van der Waals surface area contributed by atoms with Crippen LogP contribution in [0.15, 0.2) is 65.3 Å². The Balaban J connectivity index is 1.65. The van der Waals surface area contributed by atoms with Crippen molar-refractivity contribution >= 4 is 38.5 Å². The number of rotatable bonds is 4. The van der Waals surface area contributed by atoms with Gasteiger partial charge in [-0.25, -0.2) is 18.5 Å². The molecule has 0 atom stereocenters. The minimum absolute atomic E-state index is 0.00701. The minimum Gasteiger partial charge on any atom is -0.510 e. The van der Waals surface area contributed by atoms with Gasteiger partial charge in [-0.05, 0) is 31.2 Å². The molecule has 0 fully saturated rings. The van der Waals surface area contributed by atoms with Crippen LogP contribution in [0.25, 0.3) is 16.8 Å². The molecule has 0 saturated heterocycles. The first-order valence-corrected chi connectivity index (χ1v) is 11.1. The number of nitrogens with zero attached hydrogens (tertiary/aromatic N) is 2. The summed E-state index contributed by atoms with van der Waals surface area (Å²) in [6, 6.07) is 15.7. The van der Waals surface area contributed by atoms with Gasteiger partial charge < -0.3 is 10.0 Å². The Morgan fingerprint density at radius 1 is 1.14 bits per heavy atom. The zero-order valence-electron chi connectivity index (χ0n) is 15.5. The molecule has 0 aliphatic carbocycles. The van der Waals surface area contributed by atoms with Gasteiger partial charge in [0.25, 0.3) is 0 Å². The third-order valence-corrected chi connectivity index (χ3v) is 6.56. The fraction of sp³-hybridized carbons (Fsp3) is 0.100. The topological polar surface area (TPSA) is 120 Å². The lowest BCUT2D eigenvalue weighted by molar-refractivity contribution is 0.411. The number of thiazole rings is 1. The van der Waals surface area contributed by atoms with Gasteiger partial charge in [0.05, 0.1) is 22.7 Å². The molecule has 0 spiro atoms. The fourth-order valence-corrected chi connectivity index (χ4v) is 4.73. The SMILES string of the molecule is Cc1sc(C2=C(O)CN(c3ccc(S(N)(=O)=O)cc3)C2=N)nc1-c1ccccc1. The Kier molecular flexibility index (Phi) is 4.73. The minimum atomic E-state index is -3.79. The van der Waals surface area contributed by atoms with Crippen molar-refractivity contribution in [3.63, 3.8) is 0 Å². The second kappa shape index (κ2) is 7.11. The van der Waals surface area contributed by atoms with Gasteiger partial charge in [0.15, 0.2) is 0 Å². The van der Waals surface area contributed by atoms with E-state index in [1.165, 1.54) is 23.5 Å². The molecular formula is C20H18N4O3S2. The summed E-state index contributed by atoms with van der Waals surface area (Å²) in [5.41, 5.74) is 2.78. The number of aliphatic hydroxyl groups is 1. The Bertz CT molecular complexity index is 1230. The molecule has 3 aromatic rings. The molecule has 7 nitrogen and oxygen atoms in total. The van der Waals surface area contributed by atoms with Crippen molar-refractivity contribution in [3.8, 4) is 11.3 Å². The lowest BCUT2D eigenvalue weighted by atomic mass is 10.1. The second-order valence-electron chi connectivity index (χ2n) is 6.59. The highest BCUT2D eigenvalue weighted by atomic mass is 32.2. The molecule has 0 saturated carbocycles. The first kappa shape index (κ1) is 19.3. The molecule has 2 aromatic carbocycles. The number of aliphatic hydroxyl groups excluding tert-OH is 1. The highest BCUT2D eigenvalue weighted by Crippen LogP contribution is 2.36. The standard InChI is InChI=1S/C20H18N4O3S2/c1-12-18(13-5-3-2-4-6-13)23-20(28-12)17-16(25)11-24(19(17)21)14-7-9-15(10-8-14)29(22,26)27/h2-10,21,25H,11H2,1H3,(H2,22,26,27). The second-order valence-corrected chi connectivity index (χ2v) is 9.35. The van der Waals surface area contributed by atoms with Crippen molar-refractivity contribution in [1.82, 2.24) is 4.98 Å². The highest BCUT2D eigenvalue weighted by molar-refractivity contribution is 7.89. The summed E-state index contributed by atoms with van der Waals surface area (Å²) in [7, 11) is -3.79. The molecule has 4 rings (SSSR count). The third-order valence-electron chi connectivity index (χ3n) is 4.64. The van der Waals surface area contributed by atoms with Crippen LogP contribution in [-0.4, -0.2) is 30.9 Å². The largest absolute Gasteiger partial charge is 0.510 e. The molecule has 148 valence electrons. The lowest BCUT2D eigenvalue weighted by Crippen LogP contribution is -2.26. The first-order chi connectivity index (χ1) is 13.8. The number of hydrogen-bond donors (Lipinski definition) is 3. The maximum Gasteiger partial charge on any atom is 0.238 e. The van der Waals surface area contributed by atoms with Crippen LogP contribution < -0.4 is 10.0 Å². The van der Waals surface area contributed by atoms with Crippen LogP contribution in [0, 0.1) is 12.3 Å². The van der Waals surface area contributed by atoms with Gasteiger partial charge in [0.2, 0.25) is 10.0 Å². The zero-order valence-corrected chi connectivity index (χ0v) is 17.1. The molecule has 0 bridgehead atoms. The molecule has 0 radical (unpaired) electrons. The Morgan fingerprint density at radius 3 is 2.41 bits per heavy atom. The molecule has 9 heteroatoms. The Labute approximate surface area is 172 Å². The van der Waals surface area contributed by atoms with Gasteiger partial charge in [-0.2, -0.15) is 0 Å². The maximum atomic E-state index is 11.4. The molecule has 0 unspecified atom stereocenters. The Morgan fingerprint density at radius 2 is 1.79 bits per heavy atom. The van der Waals surface area contributed by atoms with Crippen LogP contribution in [0.5, 0.6) is 0 Å². The quantitative estimate of drug-likeness (QED) is 0.589. The molecule has 4 N–H and O–H groups in total. The van der Waals surface area contributed by atoms with Gasteiger partial charge in [-0.15, -0.1) is 11.3 Å². The Hall–Kier alpha value is -3.01. The average molecular weight is 427 g/mol. The maximum absolute atomic E-state index is 11.4. The number of primary sulfonamides is 1. The summed E-state index contributed by atoms with van der Waals surface area (Å²) in [6.45, 7) is 2.08. The van der Waals surface area contributed by atoms with Gasteiger partial charge in [0.1, 0.15) is 16.6 Å². The van der Waals surface area contributed by atoms with Crippen molar-refractivity contribution in [2.45, 2.75) is 11.8 Å². The summed E-state index contributed by atoms with van der Waals surface area (Å²) in [6.07, 6.45) is 0. The van der Waals surface area contributed by atoms with E-state index in [2.05, 4.69) is 4.98 Å². The molecule has 29 heavy (non-hydrogen) atoms. The molecule has 1 aromatic heterocycles. The van der Waals surface area contributed by atoms with Crippen LogP contribution in [0.1, 0.15) is 9.88 Å². The van der Waals surface area contributed by atoms with E-state index in [0.29, 0.717) is 16.3 Å². The van der Waals surface area contributed by atoms with Gasteiger partial charge in [0, 0.05) is 16.1 Å². The average Bonchev–Trinajstić information content (AvgIpc) is 3.21. The number of sulfonamides is 1. The van der Waals surface area contributed by atoms with E-state index in [4.69, 9.17) is 10.5 Å². The predicted molar refractivity (Wildman–Crippen MR) is 115 cm³/mol. The number of nitrogens with two attached hydrogens (primary N) is 1.